The number of pyridine rings is 1. The maximum atomic E-state index is 5.49. The number of nitrogens with zero attached hydrogens (tertiary/aromatic N) is 1. The molecule has 0 radical (unpaired) electrons. The van der Waals surface area contributed by atoms with Gasteiger partial charge in [-0.05, 0) is 24.5 Å². The Balaban J connectivity index is 1.72. The molecule has 1 heterocycles. The fourth-order valence-corrected chi connectivity index (χ4v) is 1.18. The van der Waals surface area contributed by atoms with Crippen LogP contribution in [-0.2, 0) is 0 Å². The molecule has 1 aliphatic carbocycles. The standard InChI is InChI=1S/C10H13NO/c1-2-10(8-11-6-1)12-7-5-9-3-4-9/h1-2,6,8-9H,3-5,7H2. The van der Waals surface area contributed by atoms with Crippen molar-refractivity contribution in [3.05, 3.63) is 24.5 Å². The van der Waals surface area contributed by atoms with Crippen LogP contribution in [0.25, 0.3) is 0 Å². The summed E-state index contributed by atoms with van der Waals surface area (Å²) in [4.78, 5) is 3.97. The van der Waals surface area contributed by atoms with E-state index in [1.54, 1.807) is 12.4 Å². The molecule has 0 saturated heterocycles. The van der Waals surface area contributed by atoms with Crippen molar-refractivity contribution in [3.63, 3.8) is 0 Å². The lowest BCUT2D eigenvalue weighted by Crippen LogP contribution is -1.97. The largest absolute Gasteiger partial charge is 0.492 e. The summed E-state index contributed by atoms with van der Waals surface area (Å²) in [6.45, 7) is 0.844. The minimum atomic E-state index is 0.844. The second kappa shape index (κ2) is 3.57. The van der Waals surface area contributed by atoms with Gasteiger partial charge in [0.15, 0.2) is 0 Å². The Kier molecular flexibility index (Phi) is 2.26. The van der Waals surface area contributed by atoms with Gasteiger partial charge in [-0.15, -0.1) is 0 Å². The third-order valence-corrected chi connectivity index (χ3v) is 2.13. The lowest BCUT2D eigenvalue weighted by molar-refractivity contribution is 0.301. The van der Waals surface area contributed by atoms with E-state index in [-0.39, 0.29) is 0 Å². The van der Waals surface area contributed by atoms with Gasteiger partial charge in [0.1, 0.15) is 5.75 Å². The van der Waals surface area contributed by atoms with Gasteiger partial charge < -0.3 is 4.74 Å². The Bertz CT molecular complexity index is 231. The second-order valence-electron chi connectivity index (χ2n) is 3.27. The first-order valence-corrected chi connectivity index (χ1v) is 4.48. The summed E-state index contributed by atoms with van der Waals surface area (Å²) in [6, 6.07) is 3.84. The minimum absolute atomic E-state index is 0.844. The number of hydrogen-bond donors (Lipinski definition) is 0. The van der Waals surface area contributed by atoms with Crippen molar-refractivity contribution < 1.29 is 4.74 Å². The van der Waals surface area contributed by atoms with Gasteiger partial charge >= 0.3 is 0 Å². The van der Waals surface area contributed by atoms with Crippen LogP contribution in [0.4, 0.5) is 0 Å². The monoisotopic (exact) mass is 163 g/mol. The molecule has 2 nitrogen and oxygen atoms in total. The van der Waals surface area contributed by atoms with Crippen LogP contribution < -0.4 is 4.74 Å². The molecule has 0 spiro atoms. The van der Waals surface area contributed by atoms with Crippen LogP contribution in [0, 0.1) is 5.92 Å². The van der Waals surface area contributed by atoms with Gasteiger partial charge in [-0.1, -0.05) is 12.8 Å². The smallest absolute Gasteiger partial charge is 0.137 e. The number of aromatic nitrogens is 1. The average molecular weight is 163 g/mol. The number of hydrogen-bond acceptors (Lipinski definition) is 2. The topological polar surface area (TPSA) is 22.1 Å². The summed E-state index contributed by atoms with van der Waals surface area (Å²) in [5, 5.41) is 0. The first kappa shape index (κ1) is 7.59. The van der Waals surface area contributed by atoms with Gasteiger partial charge in [-0.2, -0.15) is 0 Å². The Morgan fingerprint density at radius 3 is 3.08 bits per heavy atom. The minimum Gasteiger partial charge on any atom is -0.492 e. The van der Waals surface area contributed by atoms with Crippen LogP contribution in [0.1, 0.15) is 19.3 Å². The van der Waals surface area contributed by atoms with Crippen LogP contribution in [0.2, 0.25) is 0 Å². The van der Waals surface area contributed by atoms with Gasteiger partial charge in [0.25, 0.3) is 0 Å². The van der Waals surface area contributed by atoms with E-state index in [0.717, 1.165) is 18.3 Å². The fraction of sp³-hybridized carbons (Fsp3) is 0.500. The van der Waals surface area contributed by atoms with Crippen molar-refractivity contribution in [2.45, 2.75) is 19.3 Å². The molecule has 0 aliphatic heterocycles. The van der Waals surface area contributed by atoms with E-state index in [0.29, 0.717) is 0 Å². The van der Waals surface area contributed by atoms with Crippen molar-refractivity contribution >= 4 is 0 Å². The van der Waals surface area contributed by atoms with Crippen LogP contribution in [-0.4, -0.2) is 11.6 Å². The summed E-state index contributed by atoms with van der Waals surface area (Å²) < 4.78 is 5.49. The highest BCUT2D eigenvalue weighted by Crippen LogP contribution is 2.32. The summed E-state index contributed by atoms with van der Waals surface area (Å²) in [7, 11) is 0. The summed E-state index contributed by atoms with van der Waals surface area (Å²) in [5.74, 6) is 1.83. The Labute approximate surface area is 72.6 Å². The zero-order valence-corrected chi connectivity index (χ0v) is 7.07. The predicted molar refractivity (Wildman–Crippen MR) is 47.1 cm³/mol. The normalized spacial score (nSPS) is 16.0. The van der Waals surface area contributed by atoms with Gasteiger partial charge in [-0.3, -0.25) is 4.98 Å². The molecule has 2 rings (SSSR count). The fourth-order valence-electron chi connectivity index (χ4n) is 1.18. The van der Waals surface area contributed by atoms with E-state index < -0.39 is 0 Å². The van der Waals surface area contributed by atoms with Crippen molar-refractivity contribution in [2.75, 3.05) is 6.61 Å². The van der Waals surface area contributed by atoms with Crippen LogP contribution in [0.5, 0.6) is 5.75 Å². The molecule has 0 amide bonds. The van der Waals surface area contributed by atoms with Gasteiger partial charge in [-0.25, -0.2) is 0 Å². The highest BCUT2D eigenvalue weighted by Gasteiger charge is 2.20. The van der Waals surface area contributed by atoms with Crippen LogP contribution >= 0.6 is 0 Å². The Morgan fingerprint density at radius 1 is 1.50 bits per heavy atom. The van der Waals surface area contributed by atoms with Crippen molar-refractivity contribution in [2.24, 2.45) is 5.92 Å². The third kappa shape index (κ3) is 2.22. The highest BCUT2D eigenvalue weighted by molar-refractivity contribution is 5.15. The molecule has 2 heteroatoms. The van der Waals surface area contributed by atoms with Crippen molar-refractivity contribution in [1.29, 1.82) is 0 Å². The molecule has 0 aromatic carbocycles. The van der Waals surface area contributed by atoms with Crippen molar-refractivity contribution in [3.8, 4) is 5.75 Å². The molecule has 1 aliphatic rings. The first-order chi connectivity index (χ1) is 5.95. The summed E-state index contributed by atoms with van der Waals surface area (Å²) >= 11 is 0. The first-order valence-electron chi connectivity index (χ1n) is 4.48. The van der Waals surface area contributed by atoms with E-state index in [1.165, 1.54) is 19.3 Å². The maximum absolute atomic E-state index is 5.49. The van der Waals surface area contributed by atoms with E-state index in [2.05, 4.69) is 4.98 Å². The number of ether oxygens (including phenoxy) is 1. The van der Waals surface area contributed by atoms with Gasteiger partial charge in [0, 0.05) is 6.20 Å². The lowest BCUT2D eigenvalue weighted by Gasteiger charge is -2.03. The molecule has 1 fully saturated rings. The predicted octanol–water partition coefficient (Wildman–Crippen LogP) is 2.26. The SMILES string of the molecule is c1cncc(OCCC2CC2)c1. The lowest BCUT2D eigenvalue weighted by atomic mass is 10.3. The molecule has 1 aromatic heterocycles. The summed E-state index contributed by atoms with van der Waals surface area (Å²) in [5.41, 5.74) is 0. The average Bonchev–Trinajstić information content (AvgIpc) is 2.90. The molecule has 64 valence electrons. The zero-order chi connectivity index (χ0) is 8.23. The summed E-state index contributed by atoms with van der Waals surface area (Å²) in [6.07, 6.45) is 7.52. The van der Waals surface area contributed by atoms with E-state index in [4.69, 9.17) is 4.74 Å². The van der Waals surface area contributed by atoms with Crippen LogP contribution in [0.3, 0.4) is 0 Å². The molecule has 1 aromatic rings. The van der Waals surface area contributed by atoms with Gasteiger partial charge in [0.2, 0.25) is 0 Å². The molecular weight excluding hydrogens is 150 g/mol. The highest BCUT2D eigenvalue weighted by atomic mass is 16.5. The van der Waals surface area contributed by atoms with Crippen molar-refractivity contribution in [1.82, 2.24) is 4.98 Å². The molecule has 0 unspecified atom stereocenters. The molecular formula is C10H13NO. The maximum Gasteiger partial charge on any atom is 0.137 e. The van der Waals surface area contributed by atoms with Crippen LogP contribution in [0.15, 0.2) is 24.5 Å². The molecule has 0 N–H and O–H groups in total. The zero-order valence-electron chi connectivity index (χ0n) is 7.07. The second-order valence-corrected chi connectivity index (χ2v) is 3.27. The van der Waals surface area contributed by atoms with E-state index >= 15 is 0 Å². The number of rotatable bonds is 4. The van der Waals surface area contributed by atoms with E-state index in [9.17, 15) is 0 Å². The molecule has 12 heavy (non-hydrogen) atoms. The molecule has 1 saturated carbocycles. The Morgan fingerprint density at radius 2 is 2.42 bits per heavy atom. The molecule has 0 bridgehead atoms. The van der Waals surface area contributed by atoms with Gasteiger partial charge in [0.05, 0.1) is 12.8 Å². The van der Waals surface area contributed by atoms with E-state index in [1.807, 2.05) is 12.1 Å². The quantitative estimate of drug-likeness (QED) is 0.679. The third-order valence-electron chi connectivity index (χ3n) is 2.13. The molecule has 0 atom stereocenters. The Hall–Kier alpha value is -1.05.